The molecule has 2 heterocycles. The van der Waals surface area contributed by atoms with Crippen molar-refractivity contribution in [3.8, 4) is 62.0 Å². The number of benzene rings is 11. The number of aromatic nitrogens is 2. The van der Waals surface area contributed by atoms with Gasteiger partial charge in [-0.3, -0.25) is 0 Å². The van der Waals surface area contributed by atoms with Crippen LogP contribution in [0.25, 0.3) is 126 Å². The minimum atomic E-state index is 0.627. The number of hydrogen-bond acceptors (Lipinski definition) is 1. The molecule has 4 heteroatoms. The summed E-state index contributed by atoms with van der Waals surface area (Å²) in [6, 6.07) is 84.3. The Bertz CT molecular complexity index is 3970. The Labute approximate surface area is 392 Å². The van der Waals surface area contributed by atoms with E-state index in [4.69, 9.17) is 6.57 Å². The van der Waals surface area contributed by atoms with Crippen LogP contribution in [-0.2, 0) is 0 Å². The maximum atomic E-state index is 9.96. The highest BCUT2D eigenvalue weighted by molar-refractivity contribution is 6.23. The van der Waals surface area contributed by atoms with E-state index >= 15 is 0 Å². The number of para-hydroxylation sites is 2. The van der Waals surface area contributed by atoms with Gasteiger partial charge in [-0.05, 0) is 162 Å². The van der Waals surface area contributed by atoms with Crippen LogP contribution in [0.15, 0.2) is 231 Å². The Morgan fingerprint density at radius 1 is 0.324 bits per heavy atom. The van der Waals surface area contributed by atoms with Crippen molar-refractivity contribution in [3.05, 3.63) is 248 Å². The van der Waals surface area contributed by atoms with Gasteiger partial charge in [-0.15, -0.1) is 0 Å². The Hall–Kier alpha value is -9.48. The van der Waals surface area contributed by atoms with Crippen LogP contribution in [0, 0.1) is 17.9 Å². The van der Waals surface area contributed by atoms with Gasteiger partial charge in [0.1, 0.15) is 0 Å². The van der Waals surface area contributed by atoms with Gasteiger partial charge in [0.05, 0.1) is 40.3 Å². The molecule has 0 spiro atoms. The van der Waals surface area contributed by atoms with Crippen molar-refractivity contribution < 1.29 is 0 Å². The molecule has 0 atom stereocenters. The summed E-state index contributed by atoms with van der Waals surface area (Å²) in [6.45, 7) is 7.84. The molecule has 0 aliphatic rings. The molecule has 0 aliphatic heterocycles. The van der Waals surface area contributed by atoms with Crippen molar-refractivity contribution in [2.45, 2.75) is 0 Å². The molecular weight excluding hydrogens is 825 g/mol. The molecular formula is C64H38N4. The summed E-state index contributed by atoms with van der Waals surface area (Å²) in [6.07, 6.45) is 0. The molecule has 0 aliphatic carbocycles. The number of nitrogens with zero attached hydrogens (tertiary/aromatic N) is 4. The van der Waals surface area contributed by atoms with Gasteiger partial charge in [-0.1, -0.05) is 140 Å². The highest BCUT2D eigenvalue weighted by Gasteiger charge is 2.21. The Morgan fingerprint density at radius 2 is 0.691 bits per heavy atom. The van der Waals surface area contributed by atoms with E-state index in [1.807, 2.05) is 36.4 Å². The molecule has 13 aromatic rings. The predicted molar refractivity (Wildman–Crippen MR) is 283 cm³/mol. The summed E-state index contributed by atoms with van der Waals surface area (Å²) >= 11 is 0. The quantitative estimate of drug-likeness (QED) is 0.121. The van der Waals surface area contributed by atoms with E-state index in [-0.39, 0.29) is 0 Å². The van der Waals surface area contributed by atoms with E-state index < -0.39 is 0 Å². The van der Waals surface area contributed by atoms with Gasteiger partial charge in [0, 0.05) is 27.5 Å². The number of nitriles is 1. The van der Waals surface area contributed by atoms with Crippen LogP contribution in [0.2, 0.25) is 0 Å². The standard InChI is InChI=1S/C64H38N4/c1-66-48-27-33-62-56(39-48)55-36-47(26-32-61(55)68(62)50-20-12-5-13-21-50)45-24-29-52-58(38-45)64(43-16-8-3-9-17-43)51-28-23-44(37-57(51)63(52)42-14-6-2-7-15-42)46-25-31-60-54(35-46)53-34-41(40-65)22-30-59(53)67(60)49-18-10-4-11-19-49/h2-39H. The molecule has 0 saturated heterocycles. The molecule has 0 fully saturated rings. The molecule has 0 radical (unpaired) electrons. The summed E-state index contributed by atoms with van der Waals surface area (Å²) in [5, 5.41) is 19.0. The van der Waals surface area contributed by atoms with Crippen LogP contribution >= 0.6 is 0 Å². The topological polar surface area (TPSA) is 38.0 Å². The molecule has 11 aromatic carbocycles. The first-order chi connectivity index (χ1) is 33.6. The van der Waals surface area contributed by atoms with Crippen molar-refractivity contribution >= 4 is 70.8 Å². The normalized spacial score (nSPS) is 11.5. The molecule has 0 amide bonds. The molecule has 68 heavy (non-hydrogen) atoms. The van der Waals surface area contributed by atoms with E-state index in [9.17, 15) is 5.26 Å². The summed E-state index contributed by atoms with van der Waals surface area (Å²) in [5.41, 5.74) is 16.9. The minimum Gasteiger partial charge on any atom is -0.309 e. The van der Waals surface area contributed by atoms with Crippen molar-refractivity contribution in [1.82, 2.24) is 9.13 Å². The monoisotopic (exact) mass is 862 g/mol. The van der Waals surface area contributed by atoms with Gasteiger partial charge in [0.25, 0.3) is 0 Å². The average Bonchev–Trinajstić information content (AvgIpc) is 3.92. The van der Waals surface area contributed by atoms with Crippen molar-refractivity contribution in [2.75, 3.05) is 0 Å². The maximum absolute atomic E-state index is 9.96. The van der Waals surface area contributed by atoms with E-state index in [1.165, 1.54) is 32.7 Å². The van der Waals surface area contributed by atoms with Crippen molar-refractivity contribution in [2.24, 2.45) is 0 Å². The molecule has 0 N–H and O–H groups in total. The zero-order valence-corrected chi connectivity index (χ0v) is 36.7. The molecule has 13 rings (SSSR count). The van der Waals surface area contributed by atoms with Crippen LogP contribution < -0.4 is 0 Å². The summed E-state index contributed by atoms with van der Waals surface area (Å²) in [4.78, 5) is 3.81. The molecule has 0 bridgehead atoms. The second-order valence-corrected chi connectivity index (χ2v) is 17.5. The van der Waals surface area contributed by atoms with Gasteiger partial charge < -0.3 is 9.13 Å². The van der Waals surface area contributed by atoms with Crippen LogP contribution in [0.3, 0.4) is 0 Å². The SMILES string of the molecule is [C-]#[N+]c1ccc2c(c1)c1cc(-c3ccc4c(-c5ccccc5)c5cc(-c6ccc7c(c6)c6cc(C#N)ccc6n7-c6ccccc6)ccc5c(-c5ccccc5)c4c3)ccc1n2-c1ccccc1. The lowest BCUT2D eigenvalue weighted by atomic mass is 9.84. The predicted octanol–water partition coefficient (Wildman–Crippen LogP) is 17.3. The lowest BCUT2D eigenvalue weighted by molar-refractivity contribution is 1.18. The number of rotatable bonds is 6. The largest absolute Gasteiger partial charge is 0.309 e. The van der Waals surface area contributed by atoms with Crippen molar-refractivity contribution in [1.29, 1.82) is 5.26 Å². The third kappa shape index (κ3) is 6.13. The maximum Gasteiger partial charge on any atom is 0.188 e. The van der Waals surface area contributed by atoms with E-state index in [2.05, 4.69) is 214 Å². The van der Waals surface area contributed by atoms with Crippen LogP contribution in [-0.4, -0.2) is 9.13 Å². The number of fused-ring (bicyclic) bond motifs is 8. The first-order valence-electron chi connectivity index (χ1n) is 22.8. The first-order valence-corrected chi connectivity index (χ1v) is 22.8. The smallest absolute Gasteiger partial charge is 0.188 e. The van der Waals surface area contributed by atoms with Crippen molar-refractivity contribution in [3.63, 3.8) is 0 Å². The third-order valence-electron chi connectivity index (χ3n) is 13.7. The fraction of sp³-hybridized carbons (Fsp3) is 0. The summed E-state index contributed by atoms with van der Waals surface area (Å²) in [5.74, 6) is 0. The van der Waals surface area contributed by atoms with Gasteiger partial charge in [-0.2, -0.15) is 5.26 Å². The second kappa shape index (κ2) is 15.6. The lowest BCUT2D eigenvalue weighted by Gasteiger charge is -2.20. The van der Waals surface area contributed by atoms with Gasteiger partial charge in [0.2, 0.25) is 0 Å². The van der Waals surface area contributed by atoms with E-state index in [0.717, 1.165) is 88.4 Å². The number of hydrogen-bond donors (Lipinski definition) is 0. The van der Waals surface area contributed by atoms with E-state index in [0.29, 0.717) is 11.3 Å². The Kier molecular flexibility index (Phi) is 8.93. The zero-order chi connectivity index (χ0) is 45.3. The first kappa shape index (κ1) is 38.9. The second-order valence-electron chi connectivity index (χ2n) is 17.5. The highest BCUT2D eigenvalue weighted by Crippen LogP contribution is 2.47. The highest BCUT2D eigenvalue weighted by atomic mass is 15.0. The van der Waals surface area contributed by atoms with Gasteiger partial charge in [-0.25, -0.2) is 4.85 Å². The molecule has 0 saturated carbocycles. The minimum absolute atomic E-state index is 0.627. The fourth-order valence-electron chi connectivity index (χ4n) is 10.7. The van der Waals surface area contributed by atoms with Crippen LogP contribution in [0.5, 0.6) is 0 Å². The molecule has 314 valence electrons. The summed E-state index contributed by atoms with van der Waals surface area (Å²) in [7, 11) is 0. The molecule has 2 aromatic heterocycles. The average molecular weight is 863 g/mol. The molecule has 4 nitrogen and oxygen atoms in total. The fourth-order valence-corrected chi connectivity index (χ4v) is 10.7. The van der Waals surface area contributed by atoms with Crippen LogP contribution in [0.1, 0.15) is 5.56 Å². The zero-order valence-electron chi connectivity index (χ0n) is 36.7. The lowest BCUT2D eigenvalue weighted by Crippen LogP contribution is -1.94. The summed E-state index contributed by atoms with van der Waals surface area (Å²) < 4.78 is 4.59. The van der Waals surface area contributed by atoms with E-state index in [1.54, 1.807) is 0 Å². The van der Waals surface area contributed by atoms with Gasteiger partial charge >= 0.3 is 0 Å². The molecule has 0 unspecified atom stereocenters. The van der Waals surface area contributed by atoms with Gasteiger partial charge in [0.15, 0.2) is 5.69 Å². The Morgan fingerprint density at radius 3 is 1.13 bits per heavy atom. The Balaban J connectivity index is 1.05. The van der Waals surface area contributed by atoms with Crippen LogP contribution in [0.4, 0.5) is 5.69 Å². The third-order valence-corrected chi connectivity index (χ3v) is 13.7.